The van der Waals surface area contributed by atoms with E-state index >= 15 is 0 Å². The zero-order valence-electron chi connectivity index (χ0n) is 30.6. The number of amides is 4. The third-order valence-corrected chi connectivity index (χ3v) is 10.9. The summed E-state index contributed by atoms with van der Waals surface area (Å²) >= 11 is 0. The van der Waals surface area contributed by atoms with Crippen LogP contribution < -0.4 is 11.1 Å². The summed E-state index contributed by atoms with van der Waals surface area (Å²) in [5, 5.41) is 2.72. The number of cyclic esters (lactones) is 1. The highest BCUT2D eigenvalue weighted by Gasteiger charge is 2.59. The Morgan fingerprint density at radius 1 is 0.911 bits per heavy atom. The Labute approximate surface area is 322 Å². The maximum atomic E-state index is 14.7. The predicted molar refractivity (Wildman–Crippen MR) is 202 cm³/mol. The van der Waals surface area contributed by atoms with Crippen LogP contribution in [0.2, 0.25) is 0 Å². The normalized spacial score (nSPS) is 24.2. The molecule has 56 heavy (non-hydrogen) atoms. The van der Waals surface area contributed by atoms with Crippen molar-refractivity contribution in [2.75, 3.05) is 19.7 Å². The first kappa shape index (κ1) is 38.5. The van der Waals surface area contributed by atoms with Crippen molar-refractivity contribution in [3.8, 4) is 0 Å². The quantitative estimate of drug-likeness (QED) is 0.138. The second kappa shape index (κ2) is 16.1. The van der Waals surface area contributed by atoms with Crippen molar-refractivity contribution < 1.29 is 41.6 Å². The minimum Gasteiger partial charge on any atom is -0.447 e. The van der Waals surface area contributed by atoms with Gasteiger partial charge in [-0.3, -0.25) is 19.0 Å². The van der Waals surface area contributed by atoms with E-state index in [0.717, 1.165) is 28.8 Å². The molecule has 3 aliphatic rings. The molecule has 10 nitrogen and oxygen atoms in total. The van der Waals surface area contributed by atoms with Crippen molar-refractivity contribution >= 4 is 29.9 Å². The van der Waals surface area contributed by atoms with Crippen molar-refractivity contribution in [2.45, 2.75) is 62.3 Å². The lowest BCUT2D eigenvalue weighted by molar-refractivity contribution is -0.856. The molecule has 0 aliphatic carbocycles. The summed E-state index contributed by atoms with van der Waals surface area (Å²) in [6.07, 6.45) is -1.56. The minimum absolute atomic E-state index is 0.0148. The zero-order valence-corrected chi connectivity index (χ0v) is 30.6. The molecular weight excluding hydrogens is 723 g/mol. The van der Waals surface area contributed by atoms with Gasteiger partial charge in [-0.15, -0.1) is 0 Å². The Morgan fingerprint density at radius 3 is 2.23 bits per heavy atom. The Kier molecular flexibility index (Phi) is 11.1. The summed E-state index contributed by atoms with van der Waals surface area (Å²) in [5.41, 5.74) is 8.18. The summed E-state index contributed by atoms with van der Waals surface area (Å²) in [6, 6.07) is 28.4. The average molecular weight is 767 g/mol. The molecule has 3 fully saturated rings. The lowest BCUT2D eigenvalue weighted by Crippen LogP contribution is -2.74. The molecule has 0 bridgehead atoms. The van der Waals surface area contributed by atoms with Gasteiger partial charge in [-0.1, -0.05) is 115 Å². The molecular formula is C43H43F3N5O5+. The summed E-state index contributed by atoms with van der Waals surface area (Å²) < 4.78 is 46.1. The van der Waals surface area contributed by atoms with Crippen LogP contribution in [0, 0.1) is 0 Å². The van der Waals surface area contributed by atoms with Gasteiger partial charge in [-0.25, -0.2) is 9.59 Å². The van der Waals surface area contributed by atoms with Gasteiger partial charge >= 0.3 is 18.2 Å². The first-order chi connectivity index (χ1) is 26.9. The van der Waals surface area contributed by atoms with E-state index in [1.165, 1.54) is 21.9 Å². The minimum atomic E-state index is -4.59. The molecule has 7 rings (SSSR count). The fraction of sp³-hybridized carbons (Fsp3) is 0.302. The molecule has 13 heteroatoms. The average Bonchev–Trinajstić information content (AvgIpc) is 3.77. The van der Waals surface area contributed by atoms with Crippen molar-refractivity contribution in [3.05, 3.63) is 149 Å². The van der Waals surface area contributed by atoms with E-state index in [2.05, 4.69) is 5.32 Å². The van der Waals surface area contributed by atoms with E-state index < -0.39 is 60.2 Å². The third-order valence-electron chi connectivity index (χ3n) is 10.9. The van der Waals surface area contributed by atoms with Crippen LogP contribution in [0.3, 0.4) is 0 Å². The van der Waals surface area contributed by atoms with Gasteiger partial charge in [0.15, 0.2) is 0 Å². The molecule has 290 valence electrons. The number of ether oxygens (including phenoxy) is 1. The monoisotopic (exact) mass is 766 g/mol. The van der Waals surface area contributed by atoms with Crippen LogP contribution in [-0.2, 0) is 38.4 Å². The number of nitrogens with one attached hydrogen (secondary N) is 1. The summed E-state index contributed by atoms with van der Waals surface area (Å²) in [7, 11) is 0. The molecule has 0 radical (unpaired) electrons. The number of β-lactam (4-membered cyclic amide) rings is 1. The molecule has 4 aromatic carbocycles. The lowest BCUT2D eigenvalue weighted by Gasteiger charge is -2.52. The molecule has 0 aromatic heterocycles. The van der Waals surface area contributed by atoms with Crippen LogP contribution in [0.25, 0.3) is 6.08 Å². The number of carbonyl (C=O) groups is 4. The molecule has 0 spiro atoms. The van der Waals surface area contributed by atoms with Crippen LogP contribution in [0.1, 0.15) is 46.7 Å². The van der Waals surface area contributed by atoms with Crippen LogP contribution in [0.5, 0.6) is 0 Å². The smallest absolute Gasteiger partial charge is 0.416 e. The number of hydrogen-bond acceptors (Lipinski definition) is 6. The Balaban J connectivity index is 1.25. The van der Waals surface area contributed by atoms with Crippen LogP contribution in [0.4, 0.5) is 18.0 Å². The van der Waals surface area contributed by atoms with Gasteiger partial charge in [0.25, 0.3) is 0 Å². The number of likely N-dealkylation sites (tertiary alicyclic amines) is 2. The highest BCUT2D eigenvalue weighted by molar-refractivity contribution is 5.99. The van der Waals surface area contributed by atoms with Gasteiger partial charge in [0.1, 0.15) is 31.8 Å². The second-order valence-corrected chi connectivity index (χ2v) is 14.6. The maximum absolute atomic E-state index is 14.7. The number of quaternary nitrogens is 1. The predicted octanol–water partition coefficient (Wildman–Crippen LogP) is 5.84. The molecule has 3 saturated heterocycles. The largest absolute Gasteiger partial charge is 0.447 e. The summed E-state index contributed by atoms with van der Waals surface area (Å²) in [4.78, 5) is 59.8. The molecule has 1 unspecified atom stereocenters. The third kappa shape index (κ3) is 8.10. The van der Waals surface area contributed by atoms with Gasteiger partial charge in [-0.05, 0) is 28.8 Å². The second-order valence-electron chi connectivity index (χ2n) is 14.6. The molecule has 4 aromatic rings. The lowest BCUT2D eigenvalue weighted by atomic mass is 9.87. The SMILES string of the molecule is N[C@H]1CC[N+](Cc2ccccc2)(C(=O)C[C@H](C(=O)NCc2cccc(C(F)(F)F)c2)N2C(=O)[C@@H](N3C(=O)OC[C@@H]3c3ccccc3)[C@H]2/C=C/c2ccccc2)C1. The van der Waals surface area contributed by atoms with E-state index in [1.54, 1.807) is 12.2 Å². The molecule has 3 N–H and O–H groups in total. The summed E-state index contributed by atoms with van der Waals surface area (Å²) in [5.74, 6) is -1.58. The van der Waals surface area contributed by atoms with Crippen molar-refractivity contribution in [3.63, 3.8) is 0 Å². The standard InChI is InChI=1S/C43H42F3N5O5/c44-43(45,46)33-18-10-15-31(23-33)25-48-40(53)36(24-38(52)51(22-21-34(47)27-51)26-30-13-6-2-7-14-30)49-35(20-19-29-11-4-1-5-12-29)39(41(49)54)50-37(28-56-42(50)55)32-16-8-3-9-17-32/h1-20,23,34-37,39H,21-22,24-28,47H2/p+1/b20-19+/t34-,35+,36+,37+,39-,51?/m0/s1. The Morgan fingerprint density at radius 2 is 1.57 bits per heavy atom. The van der Waals surface area contributed by atoms with Gasteiger partial charge in [0.05, 0.1) is 36.7 Å². The van der Waals surface area contributed by atoms with Crippen LogP contribution in [0.15, 0.2) is 121 Å². The first-order valence-electron chi connectivity index (χ1n) is 18.6. The number of nitrogens with two attached hydrogens (primary N) is 1. The molecule has 3 aliphatic heterocycles. The molecule has 3 heterocycles. The molecule has 4 amide bonds. The number of nitrogens with zero attached hydrogens (tertiary/aromatic N) is 3. The topological polar surface area (TPSA) is 122 Å². The van der Waals surface area contributed by atoms with Crippen LogP contribution in [-0.4, -0.2) is 82.0 Å². The first-order valence-corrected chi connectivity index (χ1v) is 18.6. The van der Waals surface area contributed by atoms with E-state index in [0.29, 0.717) is 26.1 Å². The van der Waals surface area contributed by atoms with Crippen LogP contribution >= 0.6 is 0 Å². The number of benzene rings is 4. The van der Waals surface area contributed by atoms with Gasteiger partial charge < -0.3 is 20.7 Å². The molecule has 6 atom stereocenters. The van der Waals surface area contributed by atoms with Crippen molar-refractivity contribution in [2.24, 2.45) is 5.73 Å². The Hall–Kier alpha value is -5.79. The van der Waals surface area contributed by atoms with Gasteiger partial charge in [0, 0.05) is 18.5 Å². The maximum Gasteiger partial charge on any atom is 0.416 e. The Bertz CT molecular complexity index is 2080. The van der Waals surface area contributed by atoms with E-state index in [4.69, 9.17) is 10.5 Å². The van der Waals surface area contributed by atoms with Crippen molar-refractivity contribution in [1.82, 2.24) is 15.1 Å². The fourth-order valence-electron chi connectivity index (χ4n) is 8.08. The van der Waals surface area contributed by atoms with Gasteiger partial charge in [0.2, 0.25) is 11.8 Å². The highest BCUT2D eigenvalue weighted by atomic mass is 19.4. The number of halogens is 3. The van der Waals surface area contributed by atoms with E-state index in [1.807, 2.05) is 91.0 Å². The van der Waals surface area contributed by atoms with Crippen molar-refractivity contribution in [1.29, 1.82) is 0 Å². The zero-order chi connectivity index (χ0) is 39.5. The van der Waals surface area contributed by atoms with E-state index in [9.17, 15) is 32.3 Å². The number of hydrogen-bond donors (Lipinski definition) is 2. The number of carbonyl (C=O) groups excluding carboxylic acids is 4. The summed E-state index contributed by atoms with van der Waals surface area (Å²) in [6.45, 7) is 0.824. The number of rotatable bonds is 12. The number of alkyl halides is 3. The molecule has 0 saturated carbocycles. The van der Waals surface area contributed by atoms with Gasteiger partial charge in [-0.2, -0.15) is 13.2 Å². The van der Waals surface area contributed by atoms with E-state index in [-0.39, 0.29) is 35.1 Å². The highest BCUT2D eigenvalue weighted by Crippen LogP contribution is 2.39. The fourth-order valence-corrected chi connectivity index (χ4v) is 8.08.